The Bertz CT molecular complexity index is 1410. The number of amides is 2. The van der Waals surface area contributed by atoms with Gasteiger partial charge in [0.15, 0.2) is 11.5 Å². The van der Waals surface area contributed by atoms with Crippen LogP contribution >= 0.6 is 0 Å². The van der Waals surface area contributed by atoms with Gasteiger partial charge in [-0.15, -0.1) is 0 Å². The molecule has 2 amide bonds. The Kier molecular flexibility index (Phi) is 8.02. The predicted octanol–water partition coefficient (Wildman–Crippen LogP) is 3.97. The number of rotatable bonds is 7. The molecule has 0 saturated carbocycles. The van der Waals surface area contributed by atoms with E-state index in [1.807, 2.05) is 56.3 Å². The van der Waals surface area contributed by atoms with Crippen molar-refractivity contribution < 1.29 is 28.9 Å². The molecule has 3 aromatic rings. The highest BCUT2D eigenvalue weighted by Gasteiger charge is 2.35. The molecule has 0 spiro atoms. The number of ether oxygens (including phenoxy) is 3. The zero-order chi connectivity index (χ0) is 28.2. The second-order valence-electron chi connectivity index (χ2n) is 10.2. The van der Waals surface area contributed by atoms with Crippen LogP contribution in [-0.4, -0.2) is 77.4 Å². The Labute approximate surface area is 233 Å². The molecule has 0 aliphatic carbocycles. The molecule has 1 N–H and O–H groups in total. The third kappa shape index (κ3) is 5.79. The van der Waals surface area contributed by atoms with Crippen LogP contribution in [0.25, 0.3) is 12.2 Å². The van der Waals surface area contributed by atoms with E-state index in [0.717, 1.165) is 11.1 Å². The SMILES string of the molecule is C[C@@H]1CN([C@H](C)CO)C(=O)c2cc(/C=C/c3ccccc3)cnc2O[C@@H]1CN(C)C(=O)c1ccc2c(c1)OCO2. The highest BCUT2D eigenvalue weighted by Crippen LogP contribution is 2.33. The molecule has 3 atom stereocenters. The number of nitrogens with zero attached hydrogens (tertiary/aromatic N) is 3. The monoisotopic (exact) mass is 543 g/mol. The molecule has 3 heterocycles. The van der Waals surface area contributed by atoms with Crippen LogP contribution < -0.4 is 14.2 Å². The van der Waals surface area contributed by atoms with Gasteiger partial charge in [-0.25, -0.2) is 4.98 Å². The predicted molar refractivity (Wildman–Crippen MR) is 150 cm³/mol. The van der Waals surface area contributed by atoms with E-state index in [0.29, 0.717) is 29.2 Å². The van der Waals surface area contributed by atoms with Crippen LogP contribution in [0.15, 0.2) is 60.8 Å². The third-order valence-corrected chi connectivity index (χ3v) is 7.23. The number of aromatic nitrogens is 1. The van der Waals surface area contributed by atoms with Crippen molar-refractivity contribution in [1.29, 1.82) is 0 Å². The number of benzene rings is 2. The molecule has 40 heavy (non-hydrogen) atoms. The molecule has 9 heteroatoms. The van der Waals surface area contributed by atoms with E-state index in [1.54, 1.807) is 47.3 Å². The number of likely N-dealkylation sites (N-methyl/N-ethyl adjacent to an activating group) is 1. The number of carbonyl (C=O) groups excluding carboxylic acids is 2. The summed E-state index contributed by atoms with van der Waals surface area (Å²) in [6.45, 7) is 4.35. The minimum Gasteiger partial charge on any atom is -0.472 e. The van der Waals surface area contributed by atoms with Crippen molar-refractivity contribution in [3.05, 3.63) is 83.0 Å². The van der Waals surface area contributed by atoms with Crippen molar-refractivity contribution in [3.63, 3.8) is 0 Å². The van der Waals surface area contributed by atoms with Crippen molar-refractivity contribution in [2.45, 2.75) is 26.0 Å². The molecule has 2 aromatic carbocycles. The molecule has 0 unspecified atom stereocenters. The fourth-order valence-corrected chi connectivity index (χ4v) is 4.79. The molecule has 0 bridgehead atoms. The number of aliphatic hydroxyl groups excluding tert-OH is 1. The number of hydrogen-bond acceptors (Lipinski definition) is 7. The molecule has 2 aliphatic heterocycles. The largest absolute Gasteiger partial charge is 0.472 e. The molecule has 0 saturated heterocycles. The molecule has 9 nitrogen and oxygen atoms in total. The molecular formula is C31H33N3O6. The Morgan fingerprint density at radius 2 is 1.88 bits per heavy atom. The van der Waals surface area contributed by atoms with Gasteiger partial charge in [0.1, 0.15) is 11.7 Å². The summed E-state index contributed by atoms with van der Waals surface area (Å²) < 4.78 is 17.1. The van der Waals surface area contributed by atoms with Crippen molar-refractivity contribution in [2.24, 2.45) is 5.92 Å². The van der Waals surface area contributed by atoms with Crippen LogP contribution in [-0.2, 0) is 0 Å². The van der Waals surface area contributed by atoms with E-state index < -0.39 is 12.1 Å². The minimum atomic E-state index is -0.457. The maximum Gasteiger partial charge on any atom is 0.259 e. The Balaban J connectivity index is 1.41. The van der Waals surface area contributed by atoms with E-state index in [4.69, 9.17) is 14.2 Å². The van der Waals surface area contributed by atoms with Crippen LogP contribution in [0.4, 0.5) is 0 Å². The van der Waals surface area contributed by atoms with Gasteiger partial charge in [-0.05, 0) is 42.3 Å². The Morgan fingerprint density at radius 1 is 1.12 bits per heavy atom. The van der Waals surface area contributed by atoms with Crippen molar-refractivity contribution >= 4 is 24.0 Å². The van der Waals surface area contributed by atoms with Gasteiger partial charge in [-0.1, -0.05) is 49.4 Å². The van der Waals surface area contributed by atoms with Crippen molar-refractivity contribution in [1.82, 2.24) is 14.8 Å². The average Bonchev–Trinajstić information content (AvgIpc) is 3.45. The van der Waals surface area contributed by atoms with Gasteiger partial charge in [-0.3, -0.25) is 9.59 Å². The first kappa shape index (κ1) is 27.2. The van der Waals surface area contributed by atoms with E-state index in [-0.39, 0.29) is 43.6 Å². The lowest BCUT2D eigenvalue weighted by atomic mass is 9.99. The number of carbonyl (C=O) groups is 2. The topological polar surface area (TPSA) is 101 Å². The second kappa shape index (κ2) is 11.8. The van der Waals surface area contributed by atoms with Gasteiger partial charge in [-0.2, -0.15) is 0 Å². The molecule has 0 fully saturated rings. The number of fused-ring (bicyclic) bond motifs is 2. The summed E-state index contributed by atoms with van der Waals surface area (Å²) in [4.78, 5) is 34.7. The second-order valence-corrected chi connectivity index (χ2v) is 10.2. The van der Waals surface area contributed by atoms with Gasteiger partial charge in [0.2, 0.25) is 12.7 Å². The summed E-state index contributed by atoms with van der Waals surface area (Å²) in [7, 11) is 1.72. The summed E-state index contributed by atoms with van der Waals surface area (Å²) in [6, 6.07) is 16.3. The highest BCUT2D eigenvalue weighted by atomic mass is 16.7. The van der Waals surface area contributed by atoms with Gasteiger partial charge in [0.05, 0.1) is 19.2 Å². The zero-order valence-electron chi connectivity index (χ0n) is 22.8. The molecule has 208 valence electrons. The summed E-state index contributed by atoms with van der Waals surface area (Å²) in [6.07, 6.45) is 5.05. The van der Waals surface area contributed by atoms with Gasteiger partial charge in [0, 0.05) is 31.3 Å². The van der Waals surface area contributed by atoms with Gasteiger partial charge < -0.3 is 29.1 Å². The molecule has 5 rings (SSSR count). The van der Waals surface area contributed by atoms with Crippen LogP contribution in [0.3, 0.4) is 0 Å². The zero-order valence-corrected chi connectivity index (χ0v) is 22.8. The Hall–Kier alpha value is -4.37. The van der Waals surface area contributed by atoms with E-state index in [2.05, 4.69) is 4.98 Å². The highest BCUT2D eigenvalue weighted by molar-refractivity contribution is 5.97. The van der Waals surface area contributed by atoms with Gasteiger partial charge in [0.25, 0.3) is 11.8 Å². The number of pyridine rings is 1. The first-order chi connectivity index (χ1) is 19.3. The summed E-state index contributed by atoms with van der Waals surface area (Å²) in [5.41, 5.74) is 2.56. The lowest BCUT2D eigenvalue weighted by Gasteiger charge is -2.37. The van der Waals surface area contributed by atoms with E-state index >= 15 is 0 Å². The first-order valence-corrected chi connectivity index (χ1v) is 13.3. The molecule has 1 aromatic heterocycles. The van der Waals surface area contributed by atoms with Crippen LogP contribution in [0.1, 0.15) is 45.7 Å². The molecule has 0 radical (unpaired) electrons. The van der Waals surface area contributed by atoms with Crippen LogP contribution in [0, 0.1) is 5.92 Å². The smallest absolute Gasteiger partial charge is 0.259 e. The maximum absolute atomic E-state index is 13.7. The molecule has 2 aliphatic rings. The third-order valence-electron chi connectivity index (χ3n) is 7.23. The average molecular weight is 544 g/mol. The maximum atomic E-state index is 13.7. The summed E-state index contributed by atoms with van der Waals surface area (Å²) >= 11 is 0. The summed E-state index contributed by atoms with van der Waals surface area (Å²) in [5, 5.41) is 9.92. The summed E-state index contributed by atoms with van der Waals surface area (Å²) in [5.74, 6) is 0.753. The van der Waals surface area contributed by atoms with Gasteiger partial charge >= 0.3 is 0 Å². The number of aliphatic hydroxyl groups is 1. The normalized spacial score (nSPS) is 19.0. The quantitative estimate of drug-likeness (QED) is 0.481. The Morgan fingerprint density at radius 3 is 2.65 bits per heavy atom. The number of hydrogen-bond donors (Lipinski definition) is 1. The lowest BCUT2D eigenvalue weighted by molar-refractivity contribution is 0.0313. The van der Waals surface area contributed by atoms with Crippen molar-refractivity contribution in [3.8, 4) is 17.4 Å². The fourth-order valence-electron chi connectivity index (χ4n) is 4.79. The minimum absolute atomic E-state index is 0.133. The lowest BCUT2D eigenvalue weighted by Crippen LogP contribution is -2.50. The van der Waals surface area contributed by atoms with E-state index in [9.17, 15) is 14.7 Å². The van der Waals surface area contributed by atoms with Crippen molar-refractivity contribution in [2.75, 3.05) is 33.5 Å². The standard InChI is InChI=1S/C31H33N3O6/c1-20-16-34(21(2)18-35)31(37)25-13-23(10-9-22-7-5-4-6-8-22)15-32-29(25)40-28(20)17-33(3)30(36)24-11-12-26-27(14-24)39-19-38-26/h4-15,20-21,28,35H,16-19H2,1-3H3/b10-9+/t20-,21-,28-/m1/s1. The molecular weight excluding hydrogens is 510 g/mol. The van der Waals surface area contributed by atoms with Crippen LogP contribution in [0.2, 0.25) is 0 Å². The van der Waals surface area contributed by atoms with E-state index in [1.165, 1.54) is 0 Å². The fraction of sp³-hybridized carbons (Fsp3) is 0.323. The first-order valence-electron chi connectivity index (χ1n) is 13.3. The van der Waals surface area contributed by atoms with Crippen LogP contribution in [0.5, 0.6) is 17.4 Å².